The molecule has 1 saturated heterocycles. The normalized spacial score (nSPS) is 24.8. The monoisotopic (exact) mass is 292 g/mol. The lowest BCUT2D eigenvalue weighted by molar-refractivity contribution is 0.0281. The van der Waals surface area contributed by atoms with Gasteiger partial charge in [-0.1, -0.05) is 0 Å². The third-order valence-electron chi connectivity index (χ3n) is 3.74. The minimum atomic E-state index is -0.383. The van der Waals surface area contributed by atoms with Crippen LogP contribution in [0.25, 0.3) is 0 Å². The van der Waals surface area contributed by atoms with Crippen LogP contribution < -0.4 is 11.1 Å². The fraction of sp³-hybridized carbons (Fsp3) is 0.533. The van der Waals surface area contributed by atoms with Crippen molar-refractivity contribution in [3.05, 3.63) is 23.8 Å². The molecule has 21 heavy (non-hydrogen) atoms. The quantitative estimate of drug-likeness (QED) is 0.631. The van der Waals surface area contributed by atoms with Crippen LogP contribution in [0.5, 0.6) is 0 Å². The van der Waals surface area contributed by atoms with Gasteiger partial charge in [0, 0.05) is 0 Å². The van der Waals surface area contributed by atoms with Crippen LogP contribution in [0.2, 0.25) is 0 Å². The number of hydrogen-bond donors (Lipinski definition) is 2. The number of benzene rings is 1. The number of hydrogen-bond acceptors (Lipinski definition) is 6. The standard InChI is InChI=1S/C15H20N2O4/c1-19-15(18)9-2-5-11(16)12(6-9)17-13-7-20-8-14(13)21-10-3-4-10/h2,5-6,10,13-14,17H,3-4,7-8,16H2,1H3/t13-,14+/m1/s1. The van der Waals surface area contributed by atoms with Crippen molar-refractivity contribution in [2.75, 3.05) is 31.4 Å². The van der Waals surface area contributed by atoms with Crippen molar-refractivity contribution in [2.24, 2.45) is 0 Å². The number of anilines is 2. The van der Waals surface area contributed by atoms with Gasteiger partial charge in [0.05, 0.1) is 49.4 Å². The maximum absolute atomic E-state index is 11.6. The molecule has 0 spiro atoms. The number of methoxy groups -OCH3 is 1. The van der Waals surface area contributed by atoms with Gasteiger partial charge in [0.1, 0.15) is 6.10 Å². The van der Waals surface area contributed by atoms with E-state index in [4.69, 9.17) is 19.9 Å². The lowest BCUT2D eigenvalue weighted by Crippen LogP contribution is -2.35. The largest absolute Gasteiger partial charge is 0.465 e. The maximum atomic E-state index is 11.6. The number of carbonyl (C=O) groups is 1. The summed E-state index contributed by atoms with van der Waals surface area (Å²) in [6.07, 6.45) is 2.66. The van der Waals surface area contributed by atoms with Crippen molar-refractivity contribution in [2.45, 2.75) is 31.1 Å². The minimum Gasteiger partial charge on any atom is -0.465 e. The molecule has 0 amide bonds. The number of nitrogens with two attached hydrogens (primary N) is 1. The number of nitrogens with one attached hydrogen (secondary N) is 1. The third-order valence-corrected chi connectivity index (χ3v) is 3.74. The van der Waals surface area contributed by atoms with Gasteiger partial charge in [-0.25, -0.2) is 4.79 Å². The molecule has 0 unspecified atom stereocenters. The number of esters is 1. The summed E-state index contributed by atoms with van der Waals surface area (Å²) >= 11 is 0. The molecular formula is C15H20N2O4. The topological polar surface area (TPSA) is 82.8 Å². The van der Waals surface area contributed by atoms with E-state index in [0.29, 0.717) is 36.3 Å². The average Bonchev–Trinajstić information content (AvgIpc) is 3.20. The molecule has 1 aliphatic heterocycles. The fourth-order valence-corrected chi connectivity index (χ4v) is 2.38. The first-order valence-corrected chi connectivity index (χ1v) is 7.15. The fourth-order valence-electron chi connectivity index (χ4n) is 2.38. The van der Waals surface area contributed by atoms with E-state index in [9.17, 15) is 4.79 Å². The van der Waals surface area contributed by atoms with Crippen LogP contribution in [-0.2, 0) is 14.2 Å². The van der Waals surface area contributed by atoms with E-state index in [1.165, 1.54) is 7.11 Å². The van der Waals surface area contributed by atoms with Crippen molar-refractivity contribution in [1.82, 2.24) is 0 Å². The molecule has 1 saturated carbocycles. The van der Waals surface area contributed by atoms with Gasteiger partial charge in [0.2, 0.25) is 0 Å². The molecule has 6 nitrogen and oxygen atoms in total. The molecule has 3 N–H and O–H groups in total. The highest BCUT2D eigenvalue weighted by Gasteiger charge is 2.35. The molecule has 0 bridgehead atoms. The van der Waals surface area contributed by atoms with Crippen LogP contribution in [0.3, 0.4) is 0 Å². The molecule has 1 heterocycles. The van der Waals surface area contributed by atoms with E-state index in [-0.39, 0.29) is 18.1 Å². The van der Waals surface area contributed by atoms with E-state index in [1.807, 2.05) is 0 Å². The summed E-state index contributed by atoms with van der Waals surface area (Å²) in [5, 5.41) is 3.33. The summed E-state index contributed by atoms with van der Waals surface area (Å²) in [5.74, 6) is -0.383. The summed E-state index contributed by atoms with van der Waals surface area (Å²) in [6, 6.07) is 5.09. The summed E-state index contributed by atoms with van der Waals surface area (Å²) in [4.78, 5) is 11.6. The Hall–Kier alpha value is -1.79. The molecule has 2 atom stereocenters. The molecule has 114 valence electrons. The minimum absolute atomic E-state index is 0.0266. The molecule has 1 aromatic carbocycles. The Labute approximate surface area is 123 Å². The maximum Gasteiger partial charge on any atom is 0.337 e. The van der Waals surface area contributed by atoms with Gasteiger partial charge < -0.3 is 25.3 Å². The van der Waals surface area contributed by atoms with E-state index in [2.05, 4.69) is 5.32 Å². The van der Waals surface area contributed by atoms with Gasteiger partial charge in [-0.2, -0.15) is 0 Å². The predicted octanol–water partition coefficient (Wildman–Crippen LogP) is 1.41. The lowest BCUT2D eigenvalue weighted by Gasteiger charge is -2.21. The van der Waals surface area contributed by atoms with Crippen LogP contribution >= 0.6 is 0 Å². The number of carbonyl (C=O) groups excluding carboxylic acids is 1. The van der Waals surface area contributed by atoms with Crippen LogP contribution in [0.15, 0.2) is 18.2 Å². The van der Waals surface area contributed by atoms with Gasteiger partial charge in [-0.3, -0.25) is 0 Å². The van der Waals surface area contributed by atoms with Gasteiger partial charge in [0.15, 0.2) is 0 Å². The molecule has 6 heteroatoms. The number of nitrogen functional groups attached to an aromatic ring is 1. The van der Waals surface area contributed by atoms with Crippen LogP contribution in [0.1, 0.15) is 23.2 Å². The SMILES string of the molecule is COC(=O)c1ccc(N)c(N[C@@H]2COC[C@@H]2OC2CC2)c1. The lowest BCUT2D eigenvalue weighted by atomic mass is 10.1. The molecule has 0 aromatic heterocycles. The van der Waals surface area contributed by atoms with Gasteiger partial charge in [-0.05, 0) is 31.0 Å². The Kier molecular flexibility index (Phi) is 3.98. The van der Waals surface area contributed by atoms with Crippen LogP contribution in [-0.4, -0.2) is 44.5 Å². The molecule has 2 fully saturated rings. The smallest absolute Gasteiger partial charge is 0.337 e. The van der Waals surface area contributed by atoms with Gasteiger partial charge in [0.25, 0.3) is 0 Å². The number of ether oxygens (including phenoxy) is 3. The highest BCUT2D eigenvalue weighted by Crippen LogP contribution is 2.29. The predicted molar refractivity (Wildman–Crippen MR) is 78.3 cm³/mol. The Morgan fingerprint density at radius 3 is 2.90 bits per heavy atom. The van der Waals surface area contributed by atoms with E-state index < -0.39 is 0 Å². The van der Waals surface area contributed by atoms with Crippen LogP contribution in [0, 0.1) is 0 Å². The first-order valence-electron chi connectivity index (χ1n) is 7.15. The Morgan fingerprint density at radius 1 is 1.38 bits per heavy atom. The second-order valence-corrected chi connectivity index (χ2v) is 5.46. The third kappa shape index (κ3) is 3.28. The van der Waals surface area contributed by atoms with E-state index in [1.54, 1.807) is 18.2 Å². The summed E-state index contributed by atoms with van der Waals surface area (Å²) < 4.78 is 16.1. The molecule has 2 aliphatic rings. The highest BCUT2D eigenvalue weighted by molar-refractivity contribution is 5.92. The Bertz CT molecular complexity index is 530. The first kappa shape index (κ1) is 14.2. The van der Waals surface area contributed by atoms with Crippen LogP contribution in [0.4, 0.5) is 11.4 Å². The molecule has 1 aliphatic carbocycles. The first-order chi connectivity index (χ1) is 10.2. The van der Waals surface area contributed by atoms with Gasteiger partial charge in [-0.15, -0.1) is 0 Å². The van der Waals surface area contributed by atoms with E-state index >= 15 is 0 Å². The van der Waals surface area contributed by atoms with Gasteiger partial charge >= 0.3 is 5.97 Å². The highest BCUT2D eigenvalue weighted by atomic mass is 16.6. The van der Waals surface area contributed by atoms with Crippen molar-refractivity contribution in [3.8, 4) is 0 Å². The van der Waals surface area contributed by atoms with Crippen molar-refractivity contribution in [1.29, 1.82) is 0 Å². The van der Waals surface area contributed by atoms with Crippen molar-refractivity contribution in [3.63, 3.8) is 0 Å². The average molecular weight is 292 g/mol. The summed E-state index contributed by atoms with van der Waals surface area (Å²) in [5.41, 5.74) is 7.73. The zero-order valence-corrected chi connectivity index (χ0v) is 12.0. The number of rotatable bonds is 5. The molecular weight excluding hydrogens is 272 g/mol. The second kappa shape index (κ2) is 5.91. The Balaban J connectivity index is 1.72. The Morgan fingerprint density at radius 2 is 2.19 bits per heavy atom. The summed E-state index contributed by atoms with van der Waals surface area (Å²) in [7, 11) is 1.36. The molecule has 0 radical (unpaired) electrons. The van der Waals surface area contributed by atoms with E-state index in [0.717, 1.165) is 12.8 Å². The molecule has 1 aromatic rings. The molecule has 3 rings (SSSR count). The zero-order chi connectivity index (χ0) is 14.8. The summed E-state index contributed by atoms with van der Waals surface area (Å²) in [6.45, 7) is 1.16. The van der Waals surface area contributed by atoms with Crippen molar-refractivity contribution >= 4 is 17.3 Å². The zero-order valence-electron chi connectivity index (χ0n) is 12.0. The van der Waals surface area contributed by atoms with Crippen molar-refractivity contribution < 1.29 is 19.0 Å². The second-order valence-electron chi connectivity index (χ2n) is 5.46.